The van der Waals surface area contributed by atoms with Gasteiger partial charge in [0, 0.05) is 0 Å². The third-order valence-electron chi connectivity index (χ3n) is 1.10. The van der Waals surface area contributed by atoms with Crippen LogP contribution >= 0.6 is 0 Å². The van der Waals surface area contributed by atoms with Crippen molar-refractivity contribution in [2.75, 3.05) is 13.2 Å². The van der Waals surface area contributed by atoms with E-state index >= 15 is 0 Å². The number of rotatable bonds is 4. The molecule has 0 spiro atoms. The molecule has 1 radical (unpaired) electrons. The van der Waals surface area contributed by atoms with Crippen LogP contribution in [0.1, 0.15) is 20.3 Å². The summed E-state index contributed by atoms with van der Waals surface area (Å²) < 4.78 is 4.70. The van der Waals surface area contributed by atoms with Crippen LogP contribution in [0.15, 0.2) is 0 Å². The number of hydrogen-bond acceptors (Lipinski definition) is 2. The molecule has 0 amide bonds. The fraction of sp³-hybridized carbons (Fsp3) is 0.857. The number of carbonyl (C=O) groups is 1. The van der Waals surface area contributed by atoms with Gasteiger partial charge < -0.3 is 4.74 Å². The molecule has 0 fully saturated rings. The lowest BCUT2D eigenvalue weighted by Gasteiger charge is -2.05. The summed E-state index contributed by atoms with van der Waals surface area (Å²) in [6, 6.07) is 0. The Morgan fingerprint density at radius 2 is 2.20 bits per heavy atom. The Kier molecular flexibility index (Phi) is 4.94. The molecule has 0 aromatic rings. The van der Waals surface area contributed by atoms with Gasteiger partial charge in [0.05, 0.1) is 19.1 Å². The fourth-order valence-electron chi connectivity index (χ4n) is 0.413. The highest BCUT2D eigenvalue weighted by Crippen LogP contribution is 1.96. The monoisotopic (exact) mass is 145 g/mol. The van der Waals surface area contributed by atoms with Crippen LogP contribution in [0.3, 0.4) is 0 Å². The van der Waals surface area contributed by atoms with Gasteiger partial charge in [-0.2, -0.15) is 0 Å². The maximum Gasteiger partial charge on any atom is 0.311 e. The van der Waals surface area contributed by atoms with Gasteiger partial charge >= 0.3 is 5.97 Å². The fourth-order valence-corrected chi connectivity index (χ4v) is 0.413. The molecule has 59 valence electrons. The Hall–Kier alpha value is -0.570. The minimum atomic E-state index is -0.494. The first-order valence-corrected chi connectivity index (χ1v) is 3.47. The van der Waals surface area contributed by atoms with E-state index < -0.39 is 5.92 Å². The van der Waals surface area contributed by atoms with Gasteiger partial charge in [0.2, 0.25) is 0 Å². The molecule has 3 heteroatoms. The molecule has 0 aliphatic carbocycles. The van der Waals surface area contributed by atoms with Crippen LogP contribution in [0.5, 0.6) is 0 Å². The average molecular weight is 145 g/mol. The van der Waals surface area contributed by atoms with Crippen molar-refractivity contribution in [1.29, 1.82) is 0 Å². The average Bonchev–Trinajstić information content (AvgIpc) is 1.98. The molecule has 0 aromatic heterocycles. The number of ether oxygens (including phenoxy) is 1. The van der Waals surface area contributed by atoms with E-state index in [9.17, 15) is 9.90 Å². The molecule has 0 aliphatic rings. The van der Waals surface area contributed by atoms with Gasteiger partial charge in [0.25, 0.3) is 0 Å². The molecule has 3 nitrogen and oxygen atoms in total. The normalized spacial score (nSPS) is 12.7. The van der Waals surface area contributed by atoms with E-state index in [1.165, 1.54) is 0 Å². The molecular formula is C7H13O3. The van der Waals surface area contributed by atoms with Gasteiger partial charge in [-0.05, 0) is 13.3 Å². The zero-order valence-electron chi connectivity index (χ0n) is 6.42. The second-order valence-electron chi connectivity index (χ2n) is 2.24. The summed E-state index contributed by atoms with van der Waals surface area (Å²) in [6.07, 6.45) is 0.803. The summed E-state index contributed by atoms with van der Waals surface area (Å²) in [4.78, 5) is 10.7. The number of hydrogen-bond donors (Lipinski definition) is 0. The van der Waals surface area contributed by atoms with Crippen LogP contribution in [0.2, 0.25) is 0 Å². The van der Waals surface area contributed by atoms with Crippen LogP contribution in [-0.2, 0) is 14.6 Å². The van der Waals surface area contributed by atoms with Gasteiger partial charge in [-0.1, -0.05) is 6.92 Å². The Bertz CT molecular complexity index is 101. The largest absolute Gasteiger partial charge is 0.465 e. The summed E-state index contributed by atoms with van der Waals surface area (Å²) in [5, 5.41) is 10.1. The summed E-state index contributed by atoms with van der Waals surface area (Å²) in [7, 11) is 0. The van der Waals surface area contributed by atoms with Crippen molar-refractivity contribution in [3.05, 3.63) is 0 Å². The first-order chi connectivity index (χ1) is 4.72. The van der Waals surface area contributed by atoms with E-state index in [2.05, 4.69) is 0 Å². The molecule has 0 bridgehead atoms. The van der Waals surface area contributed by atoms with Crippen molar-refractivity contribution in [2.24, 2.45) is 5.92 Å². The second-order valence-corrected chi connectivity index (χ2v) is 2.24. The second kappa shape index (κ2) is 5.23. The topological polar surface area (TPSA) is 46.2 Å². The third-order valence-corrected chi connectivity index (χ3v) is 1.10. The summed E-state index contributed by atoms with van der Waals surface area (Å²) >= 11 is 0. The highest BCUT2D eigenvalue weighted by atomic mass is 16.5. The number of esters is 1. The van der Waals surface area contributed by atoms with Gasteiger partial charge in [-0.25, -0.2) is 5.11 Å². The van der Waals surface area contributed by atoms with Crippen LogP contribution < -0.4 is 0 Å². The zero-order chi connectivity index (χ0) is 7.98. The first-order valence-electron chi connectivity index (χ1n) is 3.47. The van der Waals surface area contributed by atoms with Crippen molar-refractivity contribution in [1.82, 2.24) is 0 Å². The lowest BCUT2D eigenvalue weighted by atomic mass is 10.2. The van der Waals surface area contributed by atoms with Crippen molar-refractivity contribution in [2.45, 2.75) is 20.3 Å². The molecular weight excluding hydrogens is 132 g/mol. The highest BCUT2D eigenvalue weighted by molar-refractivity contribution is 5.71. The van der Waals surface area contributed by atoms with Crippen molar-refractivity contribution in [3.8, 4) is 0 Å². The minimum absolute atomic E-state index is 0.378. The SMILES string of the molecule is CCCOC(=O)C(C)C[O]. The van der Waals surface area contributed by atoms with E-state index in [1.807, 2.05) is 6.92 Å². The third kappa shape index (κ3) is 3.45. The van der Waals surface area contributed by atoms with Crippen LogP contribution in [0, 0.1) is 5.92 Å². The molecule has 0 saturated carbocycles. The quantitative estimate of drug-likeness (QED) is 0.554. The minimum Gasteiger partial charge on any atom is -0.465 e. The van der Waals surface area contributed by atoms with E-state index in [-0.39, 0.29) is 12.6 Å². The van der Waals surface area contributed by atoms with Crippen molar-refractivity contribution >= 4 is 5.97 Å². The van der Waals surface area contributed by atoms with Gasteiger partial charge in [0.1, 0.15) is 0 Å². The smallest absolute Gasteiger partial charge is 0.311 e. The molecule has 0 N–H and O–H groups in total. The maximum atomic E-state index is 10.7. The Balaban J connectivity index is 3.42. The van der Waals surface area contributed by atoms with E-state index in [0.29, 0.717) is 6.61 Å². The summed E-state index contributed by atoms with van der Waals surface area (Å²) in [6.45, 7) is 3.52. The van der Waals surface area contributed by atoms with Crippen LogP contribution in [0.4, 0.5) is 0 Å². The standard InChI is InChI=1S/C7H13O3/c1-3-4-10-7(9)6(2)5-8/h6H,3-5H2,1-2H3. The van der Waals surface area contributed by atoms with E-state index in [1.54, 1.807) is 6.92 Å². The van der Waals surface area contributed by atoms with Crippen LogP contribution in [0.25, 0.3) is 0 Å². The van der Waals surface area contributed by atoms with Crippen molar-refractivity contribution in [3.63, 3.8) is 0 Å². The highest BCUT2D eigenvalue weighted by Gasteiger charge is 2.12. The molecule has 0 aromatic carbocycles. The Morgan fingerprint density at radius 3 is 2.60 bits per heavy atom. The van der Waals surface area contributed by atoms with Gasteiger partial charge in [-0.15, -0.1) is 0 Å². The predicted octanol–water partition coefficient (Wildman–Crippen LogP) is 1.01. The zero-order valence-corrected chi connectivity index (χ0v) is 6.42. The molecule has 1 atom stereocenters. The van der Waals surface area contributed by atoms with E-state index in [4.69, 9.17) is 4.74 Å². The molecule has 0 saturated heterocycles. The Labute approximate surface area is 61.0 Å². The molecule has 0 aliphatic heterocycles. The lowest BCUT2D eigenvalue weighted by Crippen LogP contribution is -2.17. The summed E-state index contributed by atoms with van der Waals surface area (Å²) in [5.41, 5.74) is 0. The predicted molar refractivity (Wildman–Crippen MR) is 36.0 cm³/mol. The maximum absolute atomic E-state index is 10.7. The van der Waals surface area contributed by atoms with Crippen LogP contribution in [-0.4, -0.2) is 19.2 Å². The van der Waals surface area contributed by atoms with Gasteiger partial charge in [0.15, 0.2) is 0 Å². The van der Waals surface area contributed by atoms with Gasteiger partial charge in [-0.3, -0.25) is 4.79 Å². The molecule has 10 heavy (non-hydrogen) atoms. The van der Waals surface area contributed by atoms with Crippen molar-refractivity contribution < 1.29 is 14.6 Å². The summed E-state index contributed by atoms with van der Waals surface area (Å²) in [5.74, 6) is -0.872. The number of carbonyl (C=O) groups excluding carboxylic acids is 1. The van der Waals surface area contributed by atoms with E-state index in [0.717, 1.165) is 6.42 Å². The Morgan fingerprint density at radius 1 is 1.60 bits per heavy atom. The molecule has 1 unspecified atom stereocenters. The lowest BCUT2D eigenvalue weighted by molar-refractivity contribution is -0.149. The molecule has 0 rings (SSSR count). The first kappa shape index (κ1) is 9.43. The molecule has 0 heterocycles.